The maximum atomic E-state index is 11.8. The lowest BCUT2D eigenvalue weighted by atomic mass is 9.92. The molecule has 0 aliphatic carbocycles. The van der Waals surface area contributed by atoms with Crippen LogP contribution in [0.3, 0.4) is 0 Å². The minimum atomic E-state index is -0.376. The second-order valence-electron chi connectivity index (χ2n) is 8.19. The summed E-state index contributed by atoms with van der Waals surface area (Å²) in [4.78, 5) is 16.9. The maximum absolute atomic E-state index is 11.8. The number of carbonyl (C=O) groups excluding carboxylic acids is 1. The van der Waals surface area contributed by atoms with Gasteiger partial charge in [0.2, 0.25) is 0 Å². The van der Waals surface area contributed by atoms with Gasteiger partial charge >= 0.3 is 5.97 Å². The summed E-state index contributed by atoms with van der Waals surface area (Å²) < 4.78 is 10.4. The number of hydrogen-bond acceptors (Lipinski definition) is 6. The van der Waals surface area contributed by atoms with Crippen molar-refractivity contribution in [3.8, 4) is 11.5 Å². The topological polar surface area (TPSA) is 80.2 Å². The molecule has 0 aromatic heterocycles. The number of nitrogens with one attached hydrogen (secondary N) is 1. The highest BCUT2D eigenvalue weighted by molar-refractivity contribution is 6.01. The summed E-state index contributed by atoms with van der Waals surface area (Å²) in [6, 6.07) is 21.1. The van der Waals surface area contributed by atoms with Crippen LogP contribution in [0.5, 0.6) is 11.5 Å². The Morgan fingerprint density at radius 1 is 1.06 bits per heavy atom. The molecule has 0 amide bonds. The van der Waals surface area contributed by atoms with E-state index >= 15 is 0 Å². The van der Waals surface area contributed by atoms with E-state index in [1.165, 1.54) is 12.7 Å². The van der Waals surface area contributed by atoms with Gasteiger partial charge in [0, 0.05) is 23.7 Å². The number of para-hydroxylation sites is 1. The summed E-state index contributed by atoms with van der Waals surface area (Å²) in [6.07, 6.45) is 1.25. The maximum Gasteiger partial charge on any atom is 0.337 e. The van der Waals surface area contributed by atoms with E-state index < -0.39 is 0 Å². The third-order valence-corrected chi connectivity index (χ3v) is 6.09. The second-order valence-corrected chi connectivity index (χ2v) is 8.19. The van der Waals surface area contributed by atoms with Crippen LogP contribution in [0.1, 0.15) is 65.1 Å². The van der Waals surface area contributed by atoms with E-state index in [0.29, 0.717) is 24.3 Å². The number of benzene rings is 3. The zero-order chi connectivity index (χ0) is 24.1. The van der Waals surface area contributed by atoms with Crippen LogP contribution in [-0.2, 0) is 11.2 Å². The average Bonchev–Trinajstić information content (AvgIpc) is 2.89. The van der Waals surface area contributed by atoms with Crippen molar-refractivity contribution in [2.75, 3.05) is 13.7 Å². The fourth-order valence-corrected chi connectivity index (χ4v) is 4.20. The van der Waals surface area contributed by atoms with Crippen molar-refractivity contribution in [3.63, 3.8) is 0 Å². The first-order valence-corrected chi connectivity index (χ1v) is 11.6. The molecule has 0 unspecified atom stereocenters. The Labute approximate surface area is 200 Å². The summed E-state index contributed by atoms with van der Waals surface area (Å²) in [5, 5.41) is 14.5. The number of phenols is 1. The first kappa shape index (κ1) is 23.5. The highest BCUT2D eigenvalue weighted by atomic mass is 16.5. The van der Waals surface area contributed by atoms with Gasteiger partial charge in [0.05, 0.1) is 19.3 Å². The first-order valence-electron chi connectivity index (χ1n) is 11.6. The second kappa shape index (κ2) is 10.5. The normalized spacial score (nSPS) is 17.7. The predicted molar refractivity (Wildman–Crippen MR) is 133 cm³/mol. The third kappa shape index (κ3) is 4.97. The van der Waals surface area contributed by atoms with Gasteiger partial charge in [-0.3, -0.25) is 10.3 Å². The van der Waals surface area contributed by atoms with E-state index in [0.717, 1.165) is 28.8 Å². The molecule has 34 heavy (non-hydrogen) atoms. The van der Waals surface area contributed by atoms with Gasteiger partial charge < -0.3 is 14.6 Å². The molecule has 2 N–H and O–H groups in total. The van der Waals surface area contributed by atoms with Crippen molar-refractivity contribution in [1.82, 2.24) is 5.32 Å². The molecule has 0 bridgehead atoms. The standard InChI is InChI=1S/C28H30N2O4/c1-4-18-9-11-19(12-10-18)23-17-24(22-7-6-8-25(26(22)31)34-5-2)30-27(29-23)20-13-15-21(16-14-20)28(32)33-3/h6-16,24,27,30-31H,4-5,17H2,1-3H3/t24-,27+/m1/s1. The van der Waals surface area contributed by atoms with Crippen molar-refractivity contribution in [3.05, 3.63) is 94.5 Å². The molecule has 2 atom stereocenters. The van der Waals surface area contributed by atoms with Gasteiger partial charge in [-0.05, 0) is 48.2 Å². The number of carbonyl (C=O) groups is 1. The number of phenolic OH excluding ortho intramolecular Hbond substituents is 1. The molecule has 0 fully saturated rings. The van der Waals surface area contributed by atoms with E-state index in [1.807, 2.05) is 31.2 Å². The molecule has 0 saturated heterocycles. The lowest BCUT2D eigenvalue weighted by Crippen LogP contribution is -2.33. The predicted octanol–water partition coefficient (Wildman–Crippen LogP) is 5.36. The van der Waals surface area contributed by atoms with Gasteiger partial charge in [-0.1, -0.05) is 55.5 Å². The van der Waals surface area contributed by atoms with E-state index in [2.05, 4.69) is 36.5 Å². The number of nitrogens with zero attached hydrogens (tertiary/aromatic N) is 1. The number of methoxy groups -OCH3 is 1. The Morgan fingerprint density at radius 2 is 1.79 bits per heavy atom. The van der Waals surface area contributed by atoms with Crippen LogP contribution >= 0.6 is 0 Å². The lowest BCUT2D eigenvalue weighted by molar-refractivity contribution is 0.0600. The molecule has 176 valence electrons. The molecule has 0 radical (unpaired) electrons. The minimum absolute atomic E-state index is 0.143. The molecule has 1 aliphatic rings. The number of rotatable bonds is 7. The van der Waals surface area contributed by atoms with Gasteiger partial charge in [0.15, 0.2) is 11.5 Å². The van der Waals surface area contributed by atoms with Crippen molar-refractivity contribution in [2.45, 2.75) is 38.9 Å². The van der Waals surface area contributed by atoms with Crippen LogP contribution in [0.2, 0.25) is 0 Å². The fraction of sp³-hybridized carbons (Fsp3) is 0.286. The SMILES string of the molecule is CCOc1cccc([C@H]2CC(c3ccc(CC)cc3)=N[C@H](c3ccc(C(=O)OC)cc3)N2)c1O. The molecule has 6 nitrogen and oxygen atoms in total. The van der Waals surface area contributed by atoms with Crippen LogP contribution in [0.25, 0.3) is 0 Å². The Balaban J connectivity index is 1.72. The largest absolute Gasteiger partial charge is 0.504 e. The summed E-state index contributed by atoms with van der Waals surface area (Å²) >= 11 is 0. The highest BCUT2D eigenvalue weighted by Crippen LogP contribution is 2.39. The van der Waals surface area contributed by atoms with Crippen molar-refractivity contribution in [2.24, 2.45) is 4.99 Å². The monoisotopic (exact) mass is 458 g/mol. The summed E-state index contributed by atoms with van der Waals surface area (Å²) in [6.45, 7) is 4.50. The van der Waals surface area contributed by atoms with Crippen molar-refractivity contribution >= 4 is 11.7 Å². The summed E-state index contributed by atoms with van der Waals surface area (Å²) in [5.41, 5.74) is 5.45. The number of hydrogen-bond donors (Lipinski definition) is 2. The van der Waals surface area contributed by atoms with Gasteiger partial charge in [0.1, 0.15) is 6.17 Å². The average molecular weight is 459 g/mol. The smallest absolute Gasteiger partial charge is 0.337 e. The van der Waals surface area contributed by atoms with Crippen LogP contribution in [0.15, 0.2) is 71.7 Å². The van der Waals surface area contributed by atoms with Crippen LogP contribution in [0, 0.1) is 0 Å². The van der Waals surface area contributed by atoms with E-state index in [1.54, 1.807) is 18.2 Å². The molecule has 3 aromatic carbocycles. The van der Waals surface area contributed by atoms with Crippen LogP contribution in [-0.4, -0.2) is 30.5 Å². The highest BCUT2D eigenvalue weighted by Gasteiger charge is 2.28. The third-order valence-electron chi connectivity index (χ3n) is 6.09. The molecule has 1 aliphatic heterocycles. The Morgan fingerprint density at radius 3 is 2.44 bits per heavy atom. The van der Waals surface area contributed by atoms with Crippen LogP contribution < -0.4 is 10.1 Å². The molecular formula is C28H30N2O4. The molecule has 0 spiro atoms. The van der Waals surface area contributed by atoms with Gasteiger partial charge in [-0.15, -0.1) is 0 Å². The molecule has 1 heterocycles. The number of ether oxygens (including phenoxy) is 2. The number of aromatic hydroxyl groups is 1. The molecular weight excluding hydrogens is 428 g/mol. The number of esters is 1. The summed E-state index contributed by atoms with van der Waals surface area (Å²) in [5.74, 6) is 0.236. The fourth-order valence-electron chi connectivity index (χ4n) is 4.20. The Hall–Kier alpha value is -3.64. The van der Waals surface area contributed by atoms with Gasteiger partial charge in [-0.2, -0.15) is 0 Å². The van der Waals surface area contributed by atoms with Gasteiger partial charge in [0.25, 0.3) is 0 Å². The number of aliphatic imine (C=N–C) groups is 1. The van der Waals surface area contributed by atoms with E-state index in [9.17, 15) is 9.90 Å². The molecule has 4 rings (SSSR count). The van der Waals surface area contributed by atoms with E-state index in [-0.39, 0.29) is 23.9 Å². The van der Waals surface area contributed by atoms with Gasteiger partial charge in [-0.25, -0.2) is 4.79 Å². The van der Waals surface area contributed by atoms with Crippen LogP contribution in [0.4, 0.5) is 0 Å². The lowest BCUT2D eigenvalue weighted by Gasteiger charge is -2.31. The molecule has 6 heteroatoms. The zero-order valence-electron chi connectivity index (χ0n) is 19.7. The molecule has 3 aromatic rings. The molecule has 0 saturated carbocycles. The quantitative estimate of drug-likeness (QED) is 0.466. The Bertz CT molecular complexity index is 1170. The van der Waals surface area contributed by atoms with E-state index in [4.69, 9.17) is 14.5 Å². The first-order chi connectivity index (χ1) is 16.5. The number of aryl methyl sites for hydroxylation is 1. The van der Waals surface area contributed by atoms with Crippen molar-refractivity contribution < 1.29 is 19.4 Å². The zero-order valence-corrected chi connectivity index (χ0v) is 19.7. The summed E-state index contributed by atoms with van der Waals surface area (Å²) in [7, 11) is 1.37. The Kier molecular flexibility index (Phi) is 7.28. The van der Waals surface area contributed by atoms with Crippen molar-refractivity contribution in [1.29, 1.82) is 0 Å². The minimum Gasteiger partial charge on any atom is -0.504 e.